The molecule has 2 aliphatic rings. The number of benzene rings is 2. The number of hydrogen-bond donors (Lipinski definition) is 4. The average Bonchev–Trinajstić information content (AvgIpc) is 3.61. The zero-order valence-corrected chi connectivity index (χ0v) is 33.4. The van der Waals surface area contributed by atoms with Crippen molar-refractivity contribution in [2.45, 2.75) is 122 Å². The third-order valence-electron chi connectivity index (χ3n) is 10.1. The summed E-state index contributed by atoms with van der Waals surface area (Å²) in [6.45, 7) is 4.85. The van der Waals surface area contributed by atoms with Crippen molar-refractivity contribution in [3.63, 3.8) is 0 Å². The van der Waals surface area contributed by atoms with Gasteiger partial charge < -0.3 is 45.6 Å². The summed E-state index contributed by atoms with van der Waals surface area (Å²) in [4.78, 5) is 106. The van der Waals surface area contributed by atoms with Gasteiger partial charge in [-0.25, -0.2) is 9.59 Å². The maximum atomic E-state index is 14.3. The Bertz CT molecular complexity index is 1750. The van der Waals surface area contributed by atoms with Crippen molar-refractivity contribution in [3.05, 3.63) is 65.7 Å². The van der Waals surface area contributed by atoms with E-state index < -0.39 is 71.6 Å². The number of carbonyl (C=O) groups excluding carboxylic acids is 8. The van der Waals surface area contributed by atoms with Crippen molar-refractivity contribution in [2.24, 2.45) is 11.7 Å². The van der Waals surface area contributed by atoms with E-state index in [1.54, 1.807) is 26.0 Å². The van der Waals surface area contributed by atoms with Gasteiger partial charge in [-0.1, -0.05) is 55.3 Å². The van der Waals surface area contributed by atoms with Crippen LogP contribution in [0.15, 0.2) is 54.6 Å². The number of ether oxygens (including phenoxy) is 3. The molecule has 1 unspecified atom stereocenters. The average molecular weight is 806 g/mol. The molecule has 16 nitrogen and oxygen atoms in total. The molecule has 4 rings (SSSR count). The number of carbonyl (C=O) groups is 8. The number of amides is 5. The van der Waals surface area contributed by atoms with Crippen molar-refractivity contribution >= 4 is 47.3 Å². The van der Waals surface area contributed by atoms with Crippen LogP contribution in [-0.2, 0) is 60.8 Å². The molecule has 0 saturated carbocycles. The largest absolute Gasteiger partial charge is 0.467 e. The SMILES string of the molecule is CCOC(=O)C(Oc1ccc(C[C@H](CC(C)=O)C(=O)N[C@H]2CCCCC3CC[C@@H](C(=O)N[C@@H](CCC(N)=O)C(=O)NCc4ccccc4)N3C2=O)cc1)C(=O)OCC. The van der Waals surface area contributed by atoms with Crippen LogP contribution < -0.4 is 26.4 Å². The molecule has 5 atom stereocenters. The number of fused-ring (bicyclic) bond motifs is 1. The summed E-state index contributed by atoms with van der Waals surface area (Å²) in [6, 6.07) is 12.3. The molecule has 0 spiro atoms. The molecule has 2 saturated heterocycles. The lowest BCUT2D eigenvalue weighted by Crippen LogP contribution is -2.58. The predicted molar refractivity (Wildman–Crippen MR) is 209 cm³/mol. The van der Waals surface area contributed by atoms with Gasteiger partial charge in [0.15, 0.2) is 0 Å². The van der Waals surface area contributed by atoms with Crippen LogP contribution in [0.2, 0.25) is 0 Å². The van der Waals surface area contributed by atoms with E-state index >= 15 is 0 Å². The summed E-state index contributed by atoms with van der Waals surface area (Å²) < 4.78 is 15.5. The number of ketones is 1. The molecule has 5 amide bonds. The molecule has 0 radical (unpaired) electrons. The van der Waals surface area contributed by atoms with Crippen LogP contribution in [-0.4, -0.2) is 95.6 Å². The van der Waals surface area contributed by atoms with Crippen molar-refractivity contribution in [1.29, 1.82) is 0 Å². The lowest BCUT2D eigenvalue weighted by Gasteiger charge is -2.36. The molecular weight excluding hydrogens is 750 g/mol. The Morgan fingerprint density at radius 2 is 1.48 bits per heavy atom. The molecular formula is C42H55N5O11. The molecule has 0 aliphatic carbocycles. The van der Waals surface area contributed by atoms with E-state index in [9.17, 15) is 38.4 Å². The van der Waals surface area contributed by atoms with Crippen LogP contribution in [0, 0.1) is 5.92 Å². The van der Waals surface area contributed by atoms with Gasteiger partial charge in [-0.05, 0) is 82.6 Å². The zero-order chi connectivity index (χ0) is 42.2. The van der Waals surface area contributed by atoms with Gasteiger partial charge in [0.1, 0.15) is 29.7 Å². The highest BCUT2D eigenvalue weighted by Gasteiger charge is 2.45. The summed E-state index contributed by atoms with van der Waals surface area (Å²) in [6.07, 6.45) is 1.56. The Morgan fingerprint density at radius 1 is 0.828 bits per heavy atom. The Labute approximate surface area is 338 Å². The molecule has 314 valence electrons. The third-order valence-corrected chi connectivity index (χ3v) is 10.1. The summed E-state index contributed by atoms with van der Waals surface area (Å²) in [5.74, 6) is -5.27. The standard InChI is InChI=1S/C42H55N5O11/c1-4-56-41(54)36(42(55)57-5-2)58-31-18-15-27(16-19-31)24-29(23-26(3)48)37(50)46-33-14-10-9-13-30-17-21-34(47(30)40(33)53)39(52)45-32(20-22-35(43)49)38(51)44-25-28-11-7-6-8-12-28/h6-8,11-12,15-16,18-19,29-30,32-34,36H,4-5,9-10,13-14,17,20-25H2,1-3H3,(H2,43,49)(H,44,51)(H,45,52)(H,46,50)/t29-,30?,32-,33-,34-/m0/s1. The fourth-order valence-corrected chi connectivity index (χ4v) is 7.30. The van der Waals surface area contributed by atoms with E-state index in [2.05, 4.69) is 16.0 Å². The second-order valence-electron chi connectivity index (χ2n) is 14.6. The van der Waals surface area contributed by atoms with Crippen LogP contribution in [0.5, 0.6) is 5.75 Å². The summed E-state index contributed by atoms with van der Waals surface area (Å²) in [7, 11) is 0. The predicted octanol–water partition coefficient (Wildman–Crippen LogP) is 2.18. The van der Waals surface area contributed by atoms with E-state index in [4.69, 9.17) is 19.9 Å². The first-order chi connectivity index (χ1) is 27.8. The van der Waals surface area contributed by atoms with Gasteiger partial charge in [-0.3, -0.25) is 24.0 Å². The van der Waals surface area contributed by atoms with Gasteiger partial charge in [0.25, 0.3) is 6.10 Å². The fourth-order valence-electron chi connectivity index (χ4n) is 7.30. The third kappa shape index (κ3) is 13.1. The Balaban J connectivity index is 1.45. The van der Waals surface area contributed by atoms with Gasteiger partial charge in [-0.2, -0.15) is 0 Å². The Morgan fingerprint density at radius 3 is 2.10 bits per heavy atom. The van der Waals surface area contributed by atoms with Crippen LogP contribution in [0.4, 0.5) is 0 Å². The number of hydrogen-bond acceptors (Lipinski definition) is 11. The summed E-state index contributed by atoms with van der Waals surface area (Å²) >= 11 is 0. The highest BCUT2D eigenvalue weighted by molar-refractivity contribution is 5.98. The number of nitrogens with zero attached hydrogens (tertiary/aromatic N) is 1. The van der Waals surface area contributed by atoms with E-state index in [1.807, 2.05) is 30.3 Å². The molecule has 5 N–H and O–H groups in total. The normalized spacial score (nSPS) is 18.7. The van der Waals surface area contributed by atoms with Gasteiger partial charge in [0, 0.05) is 31.3 Å². The van der Waals surface area contributed by atoms with Gasteiger partial charge >= 0.3 is 11.9 Å². The first kappa shape index (κ1) is 44.9. The van der Waals surface area contributed by atoms with Gasteiger partial charge in [-0.15, -0.1) is 0 Å². The topological polar surface area (TPSA) is 230 Å². The maximum absolute atomic E-state index is 14.3. The number of nitrogens with one attached hydrogen (secondary N) is 3. The number of Topliss-reactive ketones (excluding diaryl/α,β-unsaturated/α-hetero) is 1. The van der Waals surface area contributed by atoms with E-state index in [0.717, 1.165) is 12.0 Å². The molecule has 2 fully saturated rings. The Kier molecular flexibility index (Phi) is 17.2. The number of nitrogens with two attached hydrogens (primary N) is 1. The van der Waals surface area contributed by atoms with E-state index in [0.29, 0.717) is 37.7 Å². The molecule has 2 aliphatic heterocycles. The second-order valence-corrected chi connectivity index (χ2v) is 14.6. The monoisotopic (exact) mass is 805 g/mol. The molecule has 58 heavy (non-hydrogen) atoms. The minimum absolute atomic E-state index is 0.0283. The lowest BCUT2D eigenvalue weighted by molar-refractivity contribution is -0.166. The minimum Gasteiger partial charge on any atom is -0.467 e. The van der Waals surface area contributed by atoms with Crippen LogP contribution in [0.1, 0.15) is 89.7 Å². The van der Waals surface area contributed by atoms with E-state index in [-0.39, 0.29) is 63.0 Å². The maximum Gasteiger partial charge on any atom is 0.359 e. The van der Waals surface area contributed by atoms with E-state index in [1.165, 1.54) is 24.0 Å². The van der Waals surface area contributed by atoms with Gasteiger partial charge in [0.05, 0.1) is 13.2 Å². The highest BCUT2D eigenvalue weighted by atomic mass is 16.6. The molecule has 16 heteroatoms. The summed E-state index contributed by atoms with van der Waals surface area (Å²) in [5, 5.41) is 8.46. The molecule has 2 heterocycles. The summed E-state index contributed by atoms with van der Waals surface area (Å²) in [5.41, 5.74) is 6.87. The zero-order valence-electron chi connectivity index (χ0n) is 33.4. The number of primary amides is 1. The van der Waals surface area contributed by atoms with Crippen molar-refractivity contribution in [2.75, 3.05) is 13.2 Å². The molecule has 0 bridgehead atoms. The van der Waals surface area contributed by atoms with Crippen LogP contribution in [0.25, 0.3) is 0 Å². The van der Waals surface area contributed by atoms with Crippen molar-refractivity contribution in [3.8, 4) is 5.75 Å². The number of esters is 2. The van der Waals surface area contributed by atoms with Crippen molar-refractivity contribution < 1.29 is 52.6 Å². The Hall–Kier alpha value is -5.80. The van der Waals surface area contributed by atoms with Gasteiger partial charge in [0.2, 0.25) is 29.5 Å². The molecule has 2 aromatic rings. The van der Waals surface area contributed by atoms with Crippen LogP contribution in [0.3, 0.4) is 0 Å². The smallest absolute Gasteiger partial charge is 0.359 e. The fraction of sp³-hybridized carbons (Fsp3) is 0.524. The van der Waals surface area contributed by atoms with Crippen LogP contribution >= 0.6 is 0 Å². The molecule has 0 aromatic heterocycles. The lowest BCUT2D eigenvalue weighted by atomic mass is 9.92. The van der Waals surface area contributed by atoms with Crippen molar-refractivity contribution in [1.82, 2.24) is 20.9 Å². The quantitative estimate of drug-likeness (QED) is 0.112. The minimum atomic E-state index is -1.63. The first-order valence-electron chi connectivity index (χ1n) is 19.9. The second kappa shape index (κ2) is 22.2. The molecule has 2 aromatic carbocycles. The number of rotatable bonds is 20. The first-order valence-corrected chi connectivity index (χ1v) is 19.9. The highest BCUT2D eigenvalue weighted by Crippen LogP contribution is 2.32.